The van der Waals surface area contributed by atoms with Crippen molar-refractivity contribution >= 4 is 28.9 Å². The van der Waals surface area contributed by atoms with Crippen LogP contribution in [-0.4, -0.2) is 23.7 Å². The van der Waals surface area contributed by atoms with Gasteiger partial charge in [0.1, 0.15) is 11.8 Å². The molecule has 0 aliphatic carbocycles. The predicted octanol–water partition coefficient (Wildman–Crippen LogP) is 2.33. The number of nitrogens with one attached hydrogen (secondary N) is 1. The maximum Gasteiger partial charge on any atom is 0.256 e. The topological polar surface area (TPSA) is 41.6 Å². The van der Waals surface area contributed by atoms with Crippen LogP contribution < -0.4 is 15.0 Å². The molecule has 4 nitrogen and oxygen atoms in total. The number of benzene rings is 1. The van der Waals surface area contributed by atoms with Gasteiger partial charge in [-0.05, 0) is 49.3 Å². The van der Waals surface area contributed by atoms with Gasteiger partial charge in [-0.2, -0.15) is 0 Å². The van der Waals surface area contributed by atoms with E-state index in [1.54, 1.807) is 4.90 Å². The highest BCUT2D eigenvalue weighted by Gasteiger charge is 2.37. The van der Waals surface area contributed by atoms with E-state index in [1.165, 1.54) is 0 Å². The Hall–Kier alpha value is -1.62. The Balaban J connectivity index is 2.21. The molecule has 1 unspecified atom stereocenters. The van der Waals surface area contributed by atoms with Crippen LogP contribution in [0.15, 0.2) is 24.3 Å². The van der Waals surface area contributed by atoms with Crippen LogP contribution in [0.25, 0.3) is 0 Å². The smallest absolute Gasteiger partial charge is 0.256 e. The Kier molecular flexibility index (Phi) is 4.04. The van der Waals surface area contributed by atoms with Gasteiger partial charge in [0, 0.05) is 0 Å². The highest BCUT2D eigenvalue weighted by atomic mass is 32.1. The molecule has 0 spiro atoms. The summed E-state index contributed by atoms with van der Waals surface area (Å²) in [6.07, 6.45) is 0. The van der Waals surface area contributed by atoms with E-state index in [4.69, 9.17) is 17.0 Å². The van der Waals surface area contributed by atoms with Crippen LogP contribution in [0.1, 0.15) is 20.8 Å². The van der Waals surface area contributed by atoms with Gasteiger partial charge in [-0.25, -0.2) is 0 Å². The van der Waals surface area contributed by atoms with Crippen molar-refractivity contribution in [3.63, 3.8) is 0 Å². The average molecular weight is 278 g/mol. The molecular formula is C14H18N2O2S. The molecule has 1 N–H and O–H groups in total. The van der Waals surface area contributed by atoms with Crippen LogP contribution in [0.2, 0.25) is 0 Å². The highest BCUT2D eigenvalue weighted by molar-refractivity contribution is 7.80. The molecule has 19 heavy (non-hydrogen) atoms. The summed E-state index contributed by atoms with van der Waals surface area (Å²) < 4.78 is 5.38. The zero-order chi connectivity index (χ0) is 14.0. The molecule has 1 aliphatic rings. The van der Waals surface area contributed by atoms with E-state index in [1.807, 2.05) is 45.0 Å². The molecule has 0 bridgehead atoms. The van der Waals surface area contributed by atoms with Crippen molar-refractivity contribution in [2.75, 3.05) is 11.5 Å². The molecule has 1 aliphatic heterocycles. The number of hydrogen-bond acceptors (Lipinski definition) is 3. The third-order valence-corrected chi connectivity index (χ3v) is 3.34. The van der Waals surface area contributed by atoms with Crippen molar-refractivity contribution in [1.82, 2.24) is 5.32 Å². The minimum atomic E-state index is -0.237. The number of hydrogen-bond donors (Lipinski definition) is 1. The van der Waals surface area contributed by atoms with Gasteiger partial charge < -0.3 is 10.1 Å². The van der Waals surface area contributed by atoms with Crippen LogP contribution in [0.5, 0.6) is 5.75 Å². The number of amides is 1. The summed E-state index contributed by atoms with van der Waals surface area (Å²) in [5.41, 5.74) is 0.772. The Bertz CT molecular complexity index is 485. The van der Waals surface area contributed by atoms with E-state index in [-0.39, 0.29) is 17.9 Å². The van der Waals surface area contributed by atoms with E-state index < -0.39 is 0 Å². The first kappa shape index (κ1) is 13.8. The van der Waals surface area contributed by atoms with Gasteiger partial charge >= 0.3 is 0 Å². The molecule has 1 aromatic rings. The molecule has 0 radical (unpaired) electrons. The molecule has 1 saturated heterocycles. The average Bonchev–Trinajstić information content (AvgIpc) is 2.67. The lowest BCUT2D eigenvalue weighted by molar-refractivity contribution is -0.119. The Labute approximate surface area is 118 Å². The number of thiocarbonyl (C=S) groups is 1. The predicted molar refractivity (Wildman–Crippen MR) is 79.5 cm³/mol. The fourth-order valence-electron chi connectivity index (χ4n) is 2.05. The summed E-state index contributed by atoms with van der Waals surface area (Å²) in [5, 5.41) is 3.53. The Morgan fingerprint density at radius 3 is 2.47 bits per heavy atom. The number of carbonyl (C=O) groups excluding carboxylic acids is 1. The number of ether oxygens (including phenoxy) is 1. The van der Waals surface area contributed by atoms with E-state index in [2.05, 4.69) is 5.32 Å². The number of carbonyl (C=O) groups is 1. The summed E-state index contributed by atoms with van der Waals surface area (Å²) >= 11 is 5.24. The van der Waals surface area contributed by atoms with E-state index in [9.17, 15) is 4.79 Å². The number of rotatable bonds is 4. The Morgan fingerprint density at radius 2 is 2.00 bits per heavy atom. The van der Waals surface area contributed by atoms with Crippen LogP contribution >= 0.6 is 12.2 Å². The van der Waals surface area contributed by atoms with Gasteiger partial charge in [-0.15, -0.1) is 0 Å². The lowest BCUT2D eigenvalue weighted by Crippen LogP contribution is -2.34. The fraction of sp³-hybridized carbons (Fsp3) is 0.429. The van der Waals surface area contributed by atoms with Crippen molar-refractivity contribution in [3.05, 3.63) is 24.3 Å². The molecule has 5 heteroatoms. The molecule has 1 atom stereocenters. The first-order valence-electron chi connectivity index (χ1n) is 6.42. The fourth-order valence-corrected chi connectivity index (χ4v) is 2.38. The van der Waals surface area contributed by atoms with E-state index in [0.717, 1.165) is 11.4 Å². The van der Waals surface area contributed by atoms with Crippen molar-refractivity contribution in [2.45, 2.75) is 26.8 Å². The quantitative estimate of drug-likeness (QED) is 0.858. The van der Waals surface area contributed by atoms with Crippen LogP contribution in [0.4, 0.5) is 5.69 Å². The highest BCUT2D eigenvalue weighted by Crippen LogP contribution is 2.24. The van der Waals surface area contributed by atoms with Crippen LogP contribution in [-0.2, 0) is 4.79 Å². The first-order valence-corrected chi connectivity index (χ1v) is 6.82. The minimum Gasteiger partial charge on any atom is -0.494 e. The zero-order valence-electron chi connectivity index (χ0n) is 11.3. The van der Waals surface area contributed by atoms with Gasteiger partial charge in [0.2, 0.25) is 0 Å². The molecule has 1 amide bonds. The van der Waals surface area contributed by atoms with Crippen LogP contribution in [0, 0.1) is 5.92 Å². The van der Waals surface area contributed by atoms with Gasteiger partial charge in [0.05, 0.1) is 12.3 Å². The standard InChI is InChI=1S/C14H18N2O2S/c1-4-18-11-7-5-10(6-8-11)16-13(17)12(9(2)3)15-14(16)19/h5-9,12H,4H2,1-3H3,(H,15,19). The maximum atomic E-state index is 12.3. The number of nitrogens with zero attached hydrogens (tertiary/aromatic N) is 1. The molecule has 1 aromatic carbocycles. The van der Waals surface area contributed by atoms with Gasteiger partial charge in [-0.3, -0.25) is 9.69 Å². The van der Waals surface area contributed by atoms with Crippen molar-refractivity contribution in [1.29, 1.82) is 0 Å². The lowest BCUT2D eigenvalue weighted by Gasteiger charge is -2.16. The monoisotopic (exact) mass is 278 g/mol. The first-order chi connectivity index (χ1) is 9.04. The van der Waals surface area contributed by atoms with Gasteiger partial charge in [0.15, 0.2) is 5.11 Å². The summed E-state index contributed by atoms with van der Waals surface area (Å²) in [6.45, 7) is 6.56. The molecule has 0 saturated carbocycles. The van der Waals surface area contributed by atoms with Crippen molar-refractivity contribution in [3.8, 4) is 5.75 Å². The van der Waals surface area contributed by atoms with Gasteiger partial charge in [-0.1, -0.05) is 13.8 Å². The van der Waals surface area contributed by atoms with Crippen molar-refractivity contribution < 1.29 is 9.53 Å². The molecule has 2 rings (SSSR count). The van der Waals surface area contributed by atoms with Crippen molar-refractivity contribution in [2.24, 2.45) is 5.92 Å². The SMILES string of the molecule is CCOc1ccc(N2C(=O)C(C(C)C)NC2=S)cc1. The largest absolute Gasteiger partial charge is 0.494 e. The van der Waals surface area contributed by atoms with Gasteiger partial charge in [0.25, 0.3) is 5.91 Å². The second-order valence-corrected chi connectivity index (χ2v) is 5.16. The summed E-state index contributed by atoms with van der Waals surface area (Å²) in [5.74, 6) is 1.000. The Morgan fingerprint density at radius 1 is 1.37 bits per heavy atom. The lowest BCUT2D eigenvalue weighted by atomic mass is 10.0. The molecule has 0 aromatic heterocycles. The number of anilines is 1. The molecule has 102 valence electrons. The maximum absolute atomic E-state index is 12.3. The molecular weight excluding hydrogens is 260 g/mol. The molecule has 1 fully saturated rings. The summed E-state index contributed by atoms with van der Waals surface area (Å²) in [6, 6.07) is 7.15. The third kappa shape index (κ3) is 2.71. The zero-order valence-corrected chi connectivity index (χ0v) is 12.2. The molecule has 1 heterocycles. The summed E-state index contributed by atoms with van der Waals surface area (Å²) in [4.78, 5) is 13.9. The minimum absolute atomic E-state index is 0.00385. The van der Waals surface area contributed by atoms with E-state index >= 15 is 0 Å². The van der Waals surface area contributed by atoms with E-state index in [0.29, 0.717) is 11.7 Å². The van der Waals surface area contributed by atoms with Crippen LogP contribution in [0.3, 0.4) is 0 Å². The summed E-state index contributed by atoms with van der Waals surface area (Å²) in [7, 11) is 0. The second-order valence-electron chi connectivity index (χ2n) is 4.77. The normalized spacial score (nSPS) is 18.9. The second kappa shape index (κ2) is 5.57. The third-order valence-electron chi connectivity index (χ3n) is 3.04.